The zero-order valence-electron chi connectivity index (χ0n) is 8.71. The van der Waals surface area contributed by atoms with Crippen molar-refractivity contribution in [1.82, 2.24) is 0 Å². The maximum absolute atomic E-state index is 8.49. The number of aliphatic hydroxyl groups is 1. The molecule has 14 heavy (non-hydrogen) atoms. The Hall–Kier alpha value is -0.380. The van der Waals surface area contributed by atoms with Gasteiger partial charge in [0.1, 0.15) is 0 Å². The van der Waals surface area contributed by atoms with Crippen molar-refractivity contribution in [2.75, 3.05) is 33.0 Å². The largest absolute Gasteiger partial charge is 0.394 e. The van der Waals surface area contributed by atoms with Gasteiger partial charge in [0.15, 0.2) is 0 Å². The Labute approximate surface area is 85.7 Å². The summed E-state index contributed by atoms with van der Waals surface area (Å²) in [6.07, 6.45) is 6.59. The van der Waals surface area contributed by atoms with E-state index in [9.17, 15) is 0 Å². The van der Waals surface area contributed by atoms with Crippen LogP contribution in [-0.4, -0.2) is 38.1 Å². The third-order valence-electron chi connectivity index (χ3n) is 2.28. The summed E-state index contributed by atoms with van der Waals surface area (Å²) in [5.74, 6) is 0. The Bertz CT molecular complexity index is 156. The molecule has 0 saturated carbocycles. The molecule has 1 saturated heterocycles. The fraction of sp³-hybridized carbons (Fsp3) is 0.818. The molecular formula is C11H20O3. The first-order valence-corrected chi connectivity index (χ1v) is 5.37. The molecule has 0 spiro atoms. The summed E-state index contributed by atoms with van der Waals surface area (Å²) < 4.78 is 10.5. The van der Waals surface area contributed by atoms with Crippen LogP contribution in [0.2, 0.25) is 0 Å². The highest BCUT2D eigenvalue weighted by atomic mass is 16.5. The van der Waals surface area contributed by atoms with E-state index in [-0.39, 0.29) is 6.61 Å². The summed E-state index contributed by atoms with van der Waals surface area (Å²) in [6.45, 7) is 3.04. The molecule has 0 radical (unpaired) electrons. The lowest BCUT2D eigenvalue weighted by atomic mass is 10.1. The van der Waals surface area contributed by atoms with Gasteiger partial charge in [0.25, 0.3) is 0 Å². The van der Waals surface area contributed by atoms with Gasteiger partial charge < -0.3 is 14.6 Å². The first-order chi connectivity index (χ1) is 6.93. The average molecular weight is 200 g/mol. The van der Waals surface area contributed by atoms with Crippen molar-refractivity contribution in [3.8, 4) is 0 Å². The second-order valence-corrected chi connectivity index (χ2v) is 3.45. The Balaban J connectivity index is 2.08. The van der Waals surface area contributed by atoms with Crippen LogP contribution >= 0.6 is 0 Å². The predicted molar refractivity (Wildman–Crippen MR) is 55.3 cm³/mol. The Morgan fingerprint density at radius 3 is 3.07 bits per heavy atom. The van der Waals surface area contributed by atoms with Crippen molar-refractivity contribution in [3.05, 3.63) is 11.6 Å². The van der Waals surface area contributed by atoms with Crippen LogP contribution in [0.4, 0.5) is 0 Å². The molecule has 1 aliphatic heterocycles. The Morgan fingerprint density at radius 1 is 1.29 bits per heavy atom. The quantitative estimate of drug-likeness (QED) is 0.540. The van der Waals surface area contributed by atoms with E-state index < -0.39 is 0 Å². The third kappa shape index (κ3) is 5.37. The van der Waals surface area contributed by atoms with Gasteiger partial charge in [-0.05, 0) is 25.7 Å². The predicted octanol–water partition coefficient (Wildman–Crippen LogP) is 1.51. The molecule has 0 bridgehead atoms. The molecular weight excluding hydrogens is 180 g/mol. The van der Waals surface area contributed by atoms with E-state index in [1.165, 1.54) is 12.0 Å². The summed E-state index contributed by atoms with van der Waals surface area (Å²) in [5, 5.41) is 8.49. The molecule has 1 N–H and O–H groups in total. The molecule has 0 amide bonds. The van der Waals surface area contributed by atoms with Crippen LogP contribution in [0, 0.1) is 0 Å². The SMILES string of the molecule is OCCOCCC=C1CCCOCC1. The van der Waals surface area contributed by atoms with Gasteiger partial charge in [0.2, 0.25) is 0 Å². The summed E-state index contributed by atoms with van der Waals surface area (Å²) in [4.78, 5) is 0. The summed E-state index contributed by atoms with van der Waals surface area (Å²) >= 11 is 0. The fourth-order valence-corrected chi connectivity index (χ4v) is 1.55. The lowest BCUT2D eigenvalue weighted by Crippen LogP contribution is -2.00. The van der Waals surface area contributed by atoms with Crippen molar-refractivity contribution in [2.45, 2.75) is 25.7 Å². The minimum Gasteiger partial charge on any atom is -0.394 e. The van der Waals surface area contributed by atoms with Crippen LogP contribution < -0.4 is 0 Å². The number of ether oxygens (including phenoxy) is 2. The molecule has 0 aromatic carbocycles. The molecule has 1 heterocycles. The van der Waals surface area contributed by atoms with Gasteiger partial charge in [-0.2, -0.15) is 0 Å². The van der Waals surface area contributed by atoms with E-state index in [0.717, 1.165) is 32.5 Å². The van der Waals surface area contributed by atoms with Crippen LogP contribution in [0.25, 0.3) is 0 Å². The second-order valence-electron chi connectivity index (χ2n) is 3.45. The second kappa shape index (κ2) is 7.97. The summed E-state index contributed by atoms with van der Waals surface area (Å²) in [6, 6.07) is 0. The highest BCUT2D eigenvalue weighted by molar-refractivity contribution is 5.02. The van der Waals surface area contributed by atoms with Crippen LogP contribution in [0.15, 0.2) is 11.6 Å². The molecule has 3 nitrogen and oxygen atoms in total. The number of hydrogen-bond acceptors (Lipinski definition) is 3. The van der Waals surface area contributed by atoms with E-state index in [1.807, 2.05) is 0 Å². The Kier molecular flexibility index (Phi) is 6.66. The van der Waals surface area contributed by atoms with Crippen molar-refractivity contribution in [3.63, 3.8) is 0 Å². The van der Waals surface area contributed by atoms with E-state index in [2.05, 4.69) is 6.08 Å². The average Bonchev–Trinajstić information content (AvgIpc) is 2.46. The first kappa shape index (κ1) is 11.7. The first-order valence-electron chi connectivity index (χ1n) is 5.37. The Morgan fingerprint density at radius 2 is 2.21 bits per heavy atom. The zero-order valence-corrected chi connectivity index (χ0v) is 8.71. The number of hydrogen-bond donors (Lipinski definition) is 1. The summed E-state index contributed by atoms with van der Waals surface area (Å²) in [5.41, 5.74) is 1.50. The normalized spacial score (nSPS) is 21.1. The molecule has 0 aromatic rings. The highest BCUT2D eigenvalue weighted by Crippen LogP contribution is 2.14. The van der Waals surface area contributed by atoms with Gasteiger partial charge >= 0.3 is 0 Å². The van der Waals surface area contributed by atoms with E-state index in [1.54, 1.807) is 0 Å². The molecule has 0 atom stereocenters. The monoisotopic (exact) mass is 200 g/mol. The van der Waals surface area contributed by atoms with Crippen molar-refractivity contribution in [1.29, 1.82) is 0 Å². The molecule has 1 rings (SSSR count). The minimum absolute atomic E-state index is 0.115. The van der Waals surface area contributed by atoms with Gasteiger partial charge in [-0.1, -0.05) is 11.6 Å². The van der Waals surface area contributed by atoms with E-state index in [0.29, 0.717) is 13.2 Å². The van der Waals surface area contributed by atoms with Gasteiger partial charge in [-0.25, -0.2) is 0 Å². The lowest BCUT2D eigenvalue weighted by molar-refractivity contribution is 0.0954. The van der Waals surface area contributed by atoms with Crippen molar-refractivity contribution >= 4 is 0 Å². The maximum Gasteiger partial charge on any atom is 0.0697 e. The summed E-state index contributed by atoms with van der Waals surface area (Å²) in [7, 11) is 0. The maximum atomic E-state index is 8.49. The lowest BCUT2D eigenvalue weighted by Gasteiger charge is -2.02. The van der Waals surface area contributed by atoms with Crippen LogP contribution in [0.5, 0.6) is 0 Å². The number of aliphatic hydroxyl groups excluding tert-OH is 1. The highest BCUT2D eigenvalue weighted by Gasteiger charge is 2.03. The smallest absolute Gasteiger partial charge is 0.0697 e. The van der Waals surface area contributed by atoms with E-state index in [4.69, 9.17) is 14.6 Å². The standard InChI is InChI=1S/C11H20O3/c12-6-10-14-8-2-4-11-3-1-7-13-9-5-11/h4,12H,1-3,5-10H2. The van der Waals surface area contributed by atoms with Gasteiger partial charge in [-0.15, -0.1) is 0 Å². The molecule has 1 fully saturated rings. The molecule has 1 aliphatic rings. The van der Waals surface area contributed by atoms with Gasteiger partial charge in [0.05, 0.1) is 26.4 Å². The molecule has 3 heteroatoms. The van der Waals surface area contributed by atoms with Crippen LogP contribution in [0.3, 0.4) is 0 Å². The zero-order chi connectivity index (χ0) is 10.1. The van der Waals surface area contributed by atoms with Crippen molar-refractivity contribution < 1.29 is 14.6 Å². The fourth-order valence-electron chi connectivity index (χ4n) is 1.55. The third-order valence-corrected chi connectivity index (χ3v) is 2.28. The van der Waals surface area contributed by atoms with Crippen LogP contribution in [-0.2, 0) is 9.47 Å². The molecule has 82 valence electrons. The topological polar surface area (TPSA) is 38.7 Å². The number of rotatable bonds is 5. The van der Waals surface area contributed by atoms with Gasteiger partial charge in [-0.3, -0.25) is 0 Å². The van der Waals surface area contributed by atoms with E-state index >= 15 is 0 Å². The minimum atomic E-state index is 0.115. The molecule has 0 aromatic heterocycles. The molecule has 0 unspecified atom stereocenters. The van der Waals surface area contributed by atoms with Gasteiger partial charge in [0, 0.05) is 6.61 Å². The van der Waals surface area contributed by atoms with Crippen LogP contribution in [0.1, 0.15) is 25.7 Å². The molecule has 0 aliphatic carbocycles. The van der Waals surface area contributed by atoms with Crippen molar-refractivity contribution in [2.24, 2.45) is 0 Å².